The number of thiophene rings is 1. The fourth-order valence-electron chi connectivity index (χ4n) is 2.59. The van der Waals surface area contributed by atoms with E-state index in [1.807, 2.05) is 47.8 Å². The van der Waals surface area contributed by atoms with E-state index >= 15 is 0 Å². The SMILES string of the molecule is CC(C)C(NC(=O)CSCc1nnc(C(=O)Nc2ccccc2)s1)c1cccs1. The van der Waals surface area contributed by atoms with Gasteiger partial charge in [-0.15, -0.1) is 33.3 Å². The number of rotatable bonds is 9. The summed E-state index contributed by atoms with van der Waals surface area (Å²) in [5, 5.41) is 17.0. The van der Waals surface area contributed by atoms with Crippen molar-refractivity contribution >= 4 is 51.9 Å². The molecule has 0 fully saturated rings. The van der Waals surface area contributed by atoms with Crippen molar-refractivity contribution in [2.24, 2.45) is 5.92 Å². The molecule has 1 unspecified atom stereocenters. The second-order valence-corrected chi connectivity index (χ2v) is 9.65. The Hall–Kier alpha value is -2.23. The van der Waals surface area contributed by atoms with E-state index in [4.69, 9.17) is 0 Å². The van der Waals surface area contributed by atoms with Crippen LogP contribution in [-0.2, 0) is 10.5 Å². The van der Waals surface area contributed by atoms with Crippen LogP contribution in [0, 0.1) is 5.92 Å². The normalized spacial score (nSPS) is 12.0. The molecule has 2 heterocycles. The van der Waals surface area contributed by atoms with Crippen molar-refractivity contribution in [3.05, 3.63) is 62.7 Å². The molecule has 3 aromatic rings. The second-order valence-electron chi connectivity index (χ2n) is 6.62. The maximum atomic E-state index is 12.3. The monoisotopic (exact) mass is 446 g/mol. The van der Waals surface area contributed by atoms with Gasteiger partial charge in [-0.05, 0) is 29.5 Å². The summed E-state index contributed by atoms with van der Waals surface area (Å²) < 4.78 is 0. The van der Waals surface area contributed by atoms with Gasteiger partial charge in [0.15, 0.2) is 0 Å². The molecule has 0 saturated heterocycles. The number of aromatic nitrogens is 2. The molecular weight excluding hydrogens is 424 g/mol. The number of thioether (sulfide) groups is 1. The molecule has 0 saturated carbocycles. The summed E-state index contributed by atoms with van der Waals surface area (Å²) in [5.41, 5.74) is 0.714. The molecule has 2 aromatic heterocycles. The van der Waals surface area contributed by atoms with Crippen molar-refractivity contribution in [1.82, 2.24) is 15.5 Å². The van der Waals surface area contributed by atoms with Gasteiger partial charge in [0, 0.05) is 16.3 Å². The molecule has 1 atom stereocenters. The number of hydrogen-bond acceptors (Lipinski definition) is 7. The van der Waals surface area contributed by atoms with E-state index in [9.17, 15) is 9.59 Å². The van der Waals surface area contributed by atoms with E-state index in [2.05, 4.69) is 34.7 Å². The summed E-state index contributed by atoms with van der Waals surface area (Å²) >= 11 is 4.36. The molecule has 0 bridgehead atoms. The maximum Gasteiger partial charge on any atom is 0.286 e. The van der Waals surface area contributed by atoms with Crippen molar-refractivity contribution in [3.63, 3.8) is 0 Å². The van der Waals surface area contributed by atoms with Crippen molar-refractivity contribution < 1.29 is 9.59 Å². The highest BCUT2D eigenvalue weighted by molar-refractivity contribution is 7.99. The summed E-state index contributed by atoms with van der Waals surface area (Å²) in [5.74, 6) is 0.901. The van der Waals surface area contributed by atoms with Crippen molar-refractivity contribution in [3.8, 4) is 0 Å². The molecule has 1 aromatic carbocycles. The Balaban J connectivity index is 1.46. The third-order valence-electron chi connectivity index (χ3n) is 3.98. The molecule has 2 amide bonds. The van der Waals surface area contributed by atoms with Gasteiger partial charge in [-0.1, -0.05) is 49.4 Å². The third-order valence-corrected chi connectivity index (χ3v) is 6.99. The lowest BCUT2D eigenvalue weighted by molar-refractivity contribution is -0.119. The van der Waals surface area contributed by atoms with Crippen LogP contribution in [0.1, 0.15) is 39.6 Å². The molecule has 0 aliphatic heterocycles. The van der Waals surface area contributed by atoms with E-state index in [0.717, 1.165) is 9.88 Å². The predicted octanol–water partition coefficient (Wildman–Crippen LogP) is 4.60. The van der Waals surface area contributed by atoms with Crippen molar-refractivity contribution in [2.45, 2.75) is 25.6 Å². The Kier molecular flexibility index (Phi) is 7.79. The number of anilines is 1. The molecule has 152 valence electrons. The molecule has 0 radical (unpaired) electrons. The van der Waals surface area contributed by atoms with Crippen molar-refractivity contribution in [1.29, 1.82) is 0 Å². The second kappa shape index (κ2) is 10.5. The minimum atomic E-state index is -0.279. The third kappa shape index (κ3) is 6.38. The van der Waals surface area contributed by atoms with Crippen molar-refractivity contribution in [2.75, 3.05) is 11.1 Å². The van der Waals surface area contributed by atoms with E-state index in [0.29, 0.717) is 28.1 Å². The predicted molar refractivity (Wildman–Crippen MR) is 121 cm³/mol. The molecule has 0 aliphatic rings. The van der Waals surface area contributed by atoms with Gasteiger partial charge in [0.1, 0.15) is 5.01 Å². The Labute approximate surface area is 182 Å². The van der Waals surface area contributed by atoms with Crippen LogP contribution in [0.5, 0.6) is 0 Å². The molecule has 0 spiro atoms. The lowest BCUT2D eigenvalue weighted by Crippen LogP contribution is -2.32. The van der Waals surface area contributed by atoms with Crippen LogP contribution in [0.2, 0.25) is 0 Å². The lowest BCUT2D eigenvalue weighted by atomic mass is 10.0. The number of nitrogens with zero attached hydrogens (tertiary/aromatic N) is 2. The van der Waals surface area contributed by atoms with Gasteiger partial charge in [0.2, 0.25) is 10.9 Å². The fourth-order valence-corrected chi connectivity index (χ4v) is 5.16. The summed E-state index contributed by atoms with van der Waals surface area (Å²) in [6.07, 6.45) is 0. The molecule has 0 aliphatic carbocycles. The van der Waals surface area contributed by atoms with Crippen LogP contribution in [0.3, 0.4) is 0 Å². The van der Waals surface area contributed by atoms with Crippen LogP contribution < -0.4 is 10.6 Å². The van der Waals surface area contributed by atoms with E-state index in [1.165, 1.54) is 23.1 Å². The minimum Gasteiger partial charge on any atom is -0.348 e. The first-order valence-corrected chi connectivity index (χ1v) is 12.0. The minimum absolute atomic E-state index is 0.00587. The maximum absolute atomic E-state index is 12.3. The van der Waals surface area contributed by atoms with E-state index in [-0.39, 0.29) is 17.9 Å². The topological polar surface area (TPSA) is 84.0 Å². The Bertz CT molecular complexity index is 926. The number of amides is 2. The van der Waals surface area contributed by atoms with Gasteiger partial charge in [-0.25, -0.2) is 0 Å². The quantitative estimate of drug-likeness (QED) is 0.502. The average Bonchev–Trinajstić information content (AvgIpc) is 3.39. The molecule has 2 N–H and O–H groups in total. The zero-order valence-electron chi connectivity index (χ0n) is 16.1. The van der Waals surface area contributed by atoms with E-state index < -0.39 is 0 Å². The number of carbonyl (C=O) groups is 2. The number of nitrogens with one attached hydrogen (secondary N) is 2. The summed E-state index contributed by atoms with van der Waals surface area (Å²) in [4.78, 5) is 25.7. The number of carbonyl (C=O) groups excluding carboxylic acids is 2. The zero-order valence-corrected chi connectivity index (χ0v) is 18.6. The first-order chi connectivity index (χ1) is 14.0. The van der Waals surface area contributed by atoms with Crippen LogP contribution in [0.15, 0.2) is 47.8 Å². The van der Waals surface area contributed by atoms with Crippen LogP contribution in [-0.4, -0.2) is 27.8 Å². The van der Waals surface area contributed by atoms with Gasteiger partial charge in [0.05, 0.1) is 11.8 Å². The Morgan fingerprint density at radius 1 is 1.10 bits per heavy atom. The first-order valence-electron chi connectivity index (χ1n) is 9.12. The largest absolute Gasteiger partial charge is 0.348 e. The molecule has 29 heavy (non-hydrogen) atoms. The van der Waals surface area contributed by atoms with Gasteiger partial charge < -0.3 is 10.6 Å². The number of hydrogen-bond donors (Lipinski definition) is 2. The van der Waals surface area contributed by atoms with Gasteiger partial charge >= 0.3 is 0 Å². The smallest absolute Gasteiger partial charge is 0.286 e. The fraction of sp³-hybridized carbons (Fsp3) is 0.300. The Morgan fingerprint density at radius 2 is 1.90 bits per heavy atom. The molecule has 9 heteroatoms. The average molecular weight is 447 g/mol. The van der Waals surface area contributed by atoms with Crippen LogP contribution in [0.4, 0.5) is 5.69 Å². The first kappa shape index (κ1) is 21.5. The standard InChI is InChI=1S/C20H22N4O2S3/c1-13(2)18(15-9-6-10-28-15)22-16(25)11-27-12-17-23-24-20(29-17)19(26)21-14-7-4-3-5-8-14/h3-10,13,18H,11-12H2,1-2H3,(H,21,26)(H,22,25). The molecule has 6 nitrogen and oxygen atoms in total. The highest BCUT2D eigenvalue weighted by Gasteiger charge is 2.19. The molecular formula is C20H22N4O2S3. The molecule has 3 rings (SSSR count). The summed E-state index contributed by atoms with van der Waals surface area (Å²) in [6.45, 7) is 4.20. The Morgan fingerprint density at radius 3 is 2.59 bits per heavy atom. The van der Waals surface area contributed by atoms with Gasteiger partial charge in [0.25, 0.3) is 5.91 Å². The number of para-hydroxylation sites is 1. The summed E-state index contributed by atoms with van der Waals surface area (Å²) in [7, 11) is 0. The summed E-state index contributed by atoms with van der Waals surface area (Å²) in [6, 6.07) is 13.3. The van der Waals surface area contributed by atoms with Gasteiger partial charge in [-0.2, -0.15) is 0 Å². The van der Waals surface area contributed by atoms with E-state index in [1.54, 1.807) is 11.3 Å². The van der Waals surface area contributed by atoms with Crippen LogP contribution >= 0.6 is 34.4 Å². The lowest BCUT2D eigenvalue weighted by Gasteiger charge is -2.21. The van der Waals surface area contributed by atoms with Gasteiger partial charge in [-0.3, -0.25) is 9.59 Å². The zero-order chi connectivity index (χ0) is 20.6. The number of benzene rings is 1. The van der Waals surface area contributed by atoms with Crippen LogP contribution in [0.25, 0.3) is 0 Å². The highest BCUT2D eigenvalue weighted by atomic mass is 32.2. The highest BCUT2D eigenvalue weighted by Crippen LogP contribution is 2.26.